The lowest BCUT2D eigenvalue weighted by atomic mass is 9.96. The van der Waals surface area contributed by atoms with Crippen LogP contribution in [0.3, 0.4) is 0 Å². The van der Waals surface area contributed by atoms with Gasteiger partial charge in [-0.3, -0.25) is 9.88 Å². The molecule has 2 unspecified atom stereocenters. The van der Waals surface area contributed by atoms with Crippen LogP contribution in [0.1, 0.15) is 39.3 Å². The molecular weight excluding hydrogens is 210 g/mol. The second-order valence-electron chi connectivity index (χ2n) is 5.74. The number of piperazine rings is 1. The Kier molecular flexibility index (Phi) is 3.50. The Balaban J connectivity index is 2.15. The smallest absolute Gasteiger partial charge is 0.0325 e. The van der Waals surface area contributed by atoms with Crippen LogP contribution in [0.15, 0.2) is 24.5 Å². The third-order valence-corrected chi connectivity index (χ3v) is 3.71. The van der Waals surface area contributed by atoms with Gasteiger partial charge in [-0.05, 0) is 45.4 Å². The van der Waals surface area contributed by atoms with Crippen molar-refractivity contribution in [2.75, 3.05) is 13.1 Å². The Labute approximate surface area is 104 Å². The molecule has 1 aromatic heterocycles. The molecule has 0 radical (unpaired) electrons. The third kappa shape index (κ3) is 2.85. The van der Waals surface area contributed by atoms with E-state index in [9.17, 15) is 0 Å². The van der Waals surface area contributed by atoms with Crippen LogP contribution in [-0.2, 0) is 0 Å². The highest BCUT2D eigenvalue weighted by atomic mass is 15.3. The van der Waals surface area contributed by atoms with Crippen molar-refractivity contribution in [3.8, 4) is 0 Å². The fraction of sp³-hybridized carbons (Fsp3) is 0.643. The summed E-state index contributed by atoms with van der Waals surface area (Å²) in [5.41, 5.74) is 1.55. The Bertz CT molecular complexity index is 361. The predicted molar refractivity (Wildman–Crippen MR) is 70.9 cm³/mol. The SMILES string of the molecule is CC1CNC(C)(C)CN1C(C)c1ccncc1. The molecule has 2 heterocycles. The van der Waals surface area contributed by atoms with Gasteiger partial charge in [0.05, 0.1) is 0 Å². The zero-order valence-corrected chi connectivity index (χ0v) is 11.3. The first-order valence-electron chi connectivity index (χ1n) is 6.40. The fourth-order valence-corrected chi connectivity index (χ4v) is 2.56. The van der Waals surface area contributed by atoms with Crippen LogP contribution in [0.5, 0.6) is 0 Å². The average molecular weight is 233 g/mol. The van der Waals surface area contributed by atoms with E-state index >= 15 is 0 Å². The van der Waals surface area contributed by atoms with Gasteiger partial charge in [-0.2, -0.15) is 0 Å². The lowest BCUT2D eigenvalue weighted by Crippen LogP contribution is -2.61. The van der Waals surface area contributed by atoms with Crippen LogP contribution >= 0.6 is 0 Å². The Morgan fingerprint density at radius 3 is 2.71 bits per heavy atom. The second kappa shape index (κ2) is 4.75. The number of hydrogen-bond acceptors (Lipinski definition) is 3. The standard InChI is InChI=1S/C14H23N3/c1-11-9-16-14(3,4)10-17(11)12(2)13-5-7-15-8-6-13/h5-8,11-12,16H,9-10H2,1-4H3. The van der Waals surface area contributed by atoms with Gasteiger partial charge in [0.2, 0.25) is 0 Å². The van der Waals surface area contributed by atoms with Gasteiger partial charge in [0, 0.05) is 43.1 Å². The number of aromatic nitrogens is 1. The van der Waals surface area contributed by atoms with Gasteiger partial charge in [0.1, 0.15) is 0 Å². The highest BCUT2D eigenvalue weighted by molar-refractivity contribution is 5.15. The van der Waals surface area contributed by atoms with Crippen molar-refractivity contribution in [3.05, 3.63) is 30.1 Å². The molecule has 1 fully saturated rings. The molecule has 3 heteroatoms. The van der Waals surface area contributed by atoms with E-state index in [0.717, 1.165) is 13.1 Å². The summed E-state index contributed by atoms with van der Waals surface area (Å²) in [6.45, 7) is 11.3. The number of nitrogens with zero attached hydrogens (tertiary/aromatic N) is 2. The highest BCUT2D eigenvalue weighted by Crippen LogP contribution is 2.26. The summed E-state index contributed by atoms with van der Waals surface area (Å²) in [5, 5.41) is 3.59. The van der Waals surface area contributed by atoms with E-state index in [1.165, 1.54) is 5.56 Å². The van der Waals surface area contributed by atoms with Crippen LogP contribution in [0, 0.1) is 0 Å². The molecule has 3 nitrogen and oxygen atoms in total. The van der Waals surface area contributed by atoms with E-state index < -0.39 is 0 Å². The summed E-state index contributed by atoms with van der Waals surface area (Å²) < 4.78 is 0. The quantitative estimate of drug-likeness (QED) is 0.849. The molecule has 1 saturated heterocycles. The zero-order valence-electron chi connectivity index (χ0n) is 11.3. The van der Waals surface area contributed by atoms with Crippen LogP contribution in [-0.4, -0.2) is 34.6 Å². The van der Waals surface area contributed by atoms with Crippen molar-refractivity contribution in [1.82, 2.24) is 15.2 Å². The molecule has 0 aliphatic carbocycles. The minimum Gasteiger partial charge on any atom is -0.309 e. The molecule has 1 aromatic rings. The normalized spacial score (nSPS) is 26.7. The third-order valence-electron chi connectivity index (χ3n) is 3.71. The number of nitrogens with one attached hydrogen (secondary N) is 1. The number of pyridine rings is 1. The summed E-state index contributed by atoms with van der Waals surface area (Å²) in [6.07, 6.45) is 3.76. The molecule has 0 amide bonds. The molecule has 0 saturated carbocycles. The second-order valence-corrected chi connectivity index (χ2v) is 5.74. The first kappa shape index (κ1) is 12.5. The minimum atomic E-state index is 0.202. The van der Waals surface area contributed by atoms with Crippen LogP contribution in [0.2, 0.25) is 0 Å². The molecule has 1 aliphatic rings. The van der Waals surface area contributed by atoms with Crippen LogP contribution < -0.4 is 5.32 Å². The topological polar surface area (TPSA) is 28.2 Å². The van der Waals surface area contributed by atoms with E-state index in [1.807, 2.05) is 12.4 Å². The molecular formula is C14H23N3. The number of hydrogen-bond donors (Lipinski definition) is 1. The lowest BCUT2D eigenvalue weighted by molar-refractivity contribution is 0.0689. The summed E-state index contributed by atoms with van der Waals surface area (Å²) in [4.78, 5) is 6.66. The van der Waals surface area contributed by atoms with Crippen LogP contribution in [0.4, 0.5) is 0 Å². The minimum absolute atomic E-state index is 0.202. The van der Waals surface area contributed by atoms with Gasteiger partial charge in [-0.1, -0.05) is 0 Å². The monoisotopic (exact) mass is 233 g/mol. The van der Waals surface area contributed by atoms with Crippen molar-refractivity contribution < 1.29 is 0 Å². The molecule has 0 bridgehead atoms. The van der Waals surface area contributed by atoms with E-state index in [2.05, 4.69) is 55.0 Å². The van der Waals surface area contributed by atoms with Crippen molar-refractivity contribution in [3.63, 3.8) is 0 Å². The van der Waals surface area contributed by atoms with Crippen molar-refractivity contribution in [2.24, 2.45) is 0 Å². The van der Waals surface area contributed by atoms with E-state index in [0.29, 0.717) is 12.1 Å². The Morgan fingerprint density at radius 1 is 1.41 bits per heavy atom. The maximum absolute atomic E-state index is 4.09. The molecule has 1 aliphatic heterocycles. The first-order chi connectivity index (χ1) is 7.99. The zero-order chi connectivity index (χ0) is 12.5. The molecule has 2 rings (SSSR count). The molecule has 0 aromatic carbocycles. The summed E-state index contributed by atoms with van der Waals surface area (Å²) in [5.74, 6) is 0. The first-order valence-corrected chi connectivity index (χ1v) is 6.40. The molecule has 2 atom stereocenters. The Morgan fingerprint density at radius 2 is 2.06 bits per heavy atom. The van der Waals surface area contributed by atoms with Crippen LogP contribution in [0.25, 0.3) is 0 Å². The van der Waals surface area contributed by atoms with Gasteiger partial charge in [0.15, 0.2) is 0 Å². The van der Waals surface area contributed by atoms with Crippen molar-refractivity contribution in [1.29, 1.82) is 0 Å². The van der Waals surface area contributed by atoms with Gasteiger partial charge < -0.3 is 5.32 Å². The summed E-state index contributed by atoms with van der Waals surface area (Å²) in [7, 11) is 0. The number of rotatable bonds is 2. The maximum atomic E-state index is 4.09. The summed E-state index contributed by atoms with van der Waals surface area (Å²) in [6, 6.07) is 5.26. The fourth-order valence-electron chi connectivity index (χ4n) is 2.56. The van der Waals surface area contributed by atoms with E-state index in [1.54, 1.807) is 0 Å². The maximum Gasteiger partial charge on any atom is 0.0325 e. The van der Waals surface area contributed by atoms with Crippen molar-refractivity contribution >= 4 is 0 Å². The van der Waals surface area contributed by atoms with Gasteiger partial charge in [-0.15, -0.1) is 0 Å². The molecule has 1 N–H and O–H groups in total. The lowest BCUT2D eigenvalue weighted by Gasteiger charge is -2.46. The predicted octanol–water partition coefficient (Wildman–Crippen LogP) is 2.21. The molecule has 94 valence electrons. The largest absolute Gasteiger partial charge is 0.309 e. The van der Waals surface area contributed by atoms with E-state index in [4.69, 9.17) is 0 Å². The Hall–Kier alpha value is -0.930. The average Bonchev–Trinajstić information content (AvgIpc) is 2.33. The van der Waals surface area contributed by atoms with Gasteiger partial charge in [0.25, 0.3) is 0 Å². The van der Waals surface area contributed by atoms with Crippen molar-refractivity contribution in [2.45, 2.75) is 45.3 Å². The molecule has 0 spiro atoms. The summed E-state index contributed by atoms with van der Waals surface area (Å²) >= 11 is 0. The van der Waals surface area contributed by atoms with E-state index in [-0.39, 0.29) is 5.54 Å². The highest BCUT2D eigenvalue weighted by Gasteiger charge is 2.33. The molecule has 17 heavy (non-hydrogen) atoms. The van der Waals surface area contributed by atoms with Gasteiger partial charge >= 0.3 is 0 Å². The van der Waals surface area contributed by atoms with Gasteiger partial charge in [-0.25, -0.2) is 0 Å².